The number of alkyl halides is 6. The first-order valence-corrected chi connectivity index (χ1v) is 12.9. The Hall–Kier alpha value is -4.44. The van der Waals surface area contributed by atoms with Crippen LogP contribution in [0.2, 0.25) is 5.02 Å². The topological polar surface area (TPSA) is 145 Å². The van der Waals surface area contributed by atoms with E-state index >= 15 is 0 Å². The lowest BCUT2D eigenvalue weighted by atomic mass is 10.0. The molecule has 0 saturated carbocycles. The molecule has 2 aromatic heterocycles. The average molecular weight is 650 g/mol. The van der Waals surface area contributed by atoms with E-state index in [0.717, 1.165) is 59.5 Å². The lowest BCUT2D eigenvalue weighted by Crippen LogP contribution is -2.40. The molecule has 0 radical (unpaired) electrons. The number of nitrogens with zero attached hydrogens (tertiary/aromatic N) is 3. The van der Waals surface area contributed by atoms with Crippen molar-refractivity contribution in [2.75, 3.05) is 18.0 Å². The van der Waals surface area contributed by atoms with E-state index in [1.165, 1.54) is 6.07 Å². The summed E-state index contributed by atoms with van der Waals surface area (Å²) in [6, 6.07) is 10.7. The van der Waals surface area contributed by atoms with E-state index in [-0.39, 0.29) is 11.9 Å². The second-order valence-corrected chi connectivity index (χ2v) is 9.66. The van der Waals surface area contributed by atoms with E-state index in [4.69, 9.17) is 42.1 Å². The third-order valence-electron chi connectivity index (χ3n) is 6.18. The van der Waals surface area contributed by atoms with Crippen molar-refractivity contribution in [1.82, 2.24) is 15.0 Å². The number of halogens is 8. The Labute approximate surface area is 249 Å². The summed E-state index contributed by atoms with van der Waals surface area (Å²) in [4.78, 5) is 32.6. The van der Waals surface area contributed by atoms with E-state index in [0.29, 0.717) is 10.6 Å². The molecule has 5 rings (SSSR count). The fraction of sp³-hybridized carbons (Fsp3) is 0.259. The van der Waals surface area contributed by atoms with Gasteiger partial charge in [-0.2, -0.15) is 26.3 Å². The molecule has 0 unspecified atom stereocenters. The standard InChI is InChI=1S/C23H21ClFN5.2C2HF3O2/c24-18-2-1-3-19(25)23(18)14-4-5-20-16(10-14)17(11-28-20)21-12-27-13-22(29-21)30-8-6-15(26)7-9-30;2*3-2(4,5)1(6)7/h1-5,10-13,15,28H,6-9,26H2;2*(H,6,7). The molecule has 4 aromatic rings. The summed E-state index contributed by atoms with van der Waals surface area (Å²) >= 11 is 6.28. The quantitative estimate of drug-likeness (QED) is 0.190. The van der Waals surface area contributed by atoms with Crippen LogP contribution in [0.1, 0.15) is 12.8 Å². The van der Waals surface area contributed by atoms with Gasteiger partial charge in [-0.25, -0.2) is 19.0 Å². The van der Waals surface area contributed by atoms with Crippen LogP contribution >= 0.6 is 11.6 Å². The molecule has 44 heavy (non-hydrogen) atoms. The molecule has 0 aliphatic carbocycles. The Morgan fingerprint density at radius 3 is 2.11 bits per heavy atom. The van der Waals surface area contributed by atoms with Crippen molar-refractivity contribution in [3.05, 3.63) is 65.8 Å². The van der Waals surface area contributed by atoms with Gasteiger partial charge in [-0.3, -0.25) is 4.98 Å². The molecule has 5 N–H and O–H groups in total. The van der Waals surface area contributed by atoms with Crippen molar-refractivity contribution < 1.29 is 50.5 Å². The predicted molar refractivity (Wildman–Crippen MR) is 147 cm³/mol. The summed E-state index contributed by atoms with van der Waals surface area (Å²) in [5, 5.41) is 15.6. The zero-order chi connectivity index (χ0) is 32.8. The van der Waals surface area contributed by atoms with E-state index in [2.05, 4.69) is 14.9 Å². The number of anilines is 1. The molecule has 1 aliphatic heterocycles. The summed E-state index contributed by atoms with van der Waals surface area (Å²) in [6.45, 7) is 1.76. The maximum Gasteiger partial charge on any atom is 0.490 e. The monoisotopic (exact) mass is 649 g/mol. The van der Waals surface area contributed by atoms with E-state index in [1.54, 1.807) is 24.5 Å². The number of H-pyrrole nitrogens is 1. The number of aromatic nitrogens is 3. The number of carboxylic acids is 2. The third-order valence-corrected chi connectivity index (χ3v) is 6.49. The molecule has 3 heterocycles. The largest absolute Gasteiger partial charge is 0.490 e. The van der Waals surface area contributed by atoms with Gasteiger partial charge in [0.25, 0.3) is 0 Å². The summed E-state index contributed by atoms with van der Waals surface area (Å²) in [5.74, 6) is -5.01. The predicted octanol–water partition coefficient (Wildman–Crippen LogP) is 6.28. The number of piperidine rings is 1. The van der Waals surface area contributed by atoms with Crippen molar-refractivity contribution in [2.24, 2.45) is 5.73 Å². The molecule has 1 saturated heterocycles. The van der Waals surface area contributed by atoms with Gasteiger partial charge in [-0.05, 0) is 42.7 Å². The minimum Gasteiger partial charge on any atom is -0.475 e. The number of rotatable bonds is 3. The minimum atomic E-state index is -5.08. The number of fused-ring (bicyclic) bond motifs is 1. The van der Waals surface area contributed by atoms with E-state index in [1.807, 2.05) is 24.4 Å². The lowest BCUT2D eigenvalue weighted by Gasteiger charge is -2.30. The van der Waals surface area contributed by atoms with Gasteiger partial charge < -0.3 is 25.8 Å². The van der Waals surface area contributed by atoms with Gasteiger partial charge in [-0.1, -0.05) is 23.7 Å². The van der Waals surface area contributed by atoms with Gasteiger partial charge in [0.1, 0.15) is 11.6 Å². The highest BCUT2D eigenvalue weighted by atomic mass is 35.5. The van der Waals surface area contributed by atoms with Crippen LogP contribution in [-0.2, 0) is 9.59 Å². The normalized spacial score (nSPS) is 13.9. The Bertz CT molecular complexity index is 1580. The van der Waals surface area contributed by atoms with Gasteiger partial charge >= 0.3 is 24.3 Å². The van der Waals surface area contributed by atoms with Crippen LogP contribution in [0.5, 0.6) is 0 Å². The number of aliphatic carboxylic acids is 2. The fourth-order valence-corrected chi connectivity index (χ4v) is 4.30. The number of carboxylic acid groups (broad SMARTS) is 2. The summed E-state index contributed by atoms with van der Waals surface area (Å²) < 4.78 is 77.9. The van der Waals surface area contributed by atoms with Crippen LogP contribution in [0.3, 0.4) is 0 Å². The number of aromatic amines is 1. The number of benzene rings is 2. The Morgan fingerprint density at radius 1 is 0.977 bits per heavy atom. The first-order chi connectivity index (χ1) is 20.5. The summed E-state index contributed by atoms with van der Waals surface area (Å²) in [5.41, 5.74) is 9.78. The Balaban J connectivity index is 0.000000317. The van der Waals surface area contributed by atoms with Crippen LogP contribution in [-0.4, -0.2) is 68.6 Å². The number of nitrogens with one attached hydrogen (secondary N) is 1. The smallest absolute Gasteiger partial charge is 0.475 e. The molecule has 0 atom stereocenters. The zero-order valence-electron chi connectivity index (χ0n) is 22.3. The molecule has 236 valence electrons. The van der Waals surface area contributed by atoms with Gasteiger partial charge in [0.15, 0.2) is 0 Å². The molecular weight excluding hydrogens is 627 g/mol. The Morgan fingerprint density at radius 2 is 1.57 bits per heavy atom. The van der Waals surface area contributed by atoms with Crippen molar-refractivity contribution in [2.45, 2.75) is 31.2 Å². The van der Waals surface area contributed by atoms with E-state index < -0.39 is 24.3 Å². The molecular formula is C27H23ClF7N5O4. The minimum absolute atomic E-state index is 0.259. The first kappa shape index (κ1) is 34.1. The van der Waals surface area contributed by atoms with Crippen molar-refractivity contribution >= 4 is 40.3 Å². The maximum absolute atomic E-state index is 14.4. The highest BCUT2D eigenvalue weighted by Gasteiger charge is 2.38. The molecule has 0 spiro atoms. The first-order valence-electron chi connectivity index (χ1n) is 12.5. The SMILES string of the molecule is NC1CCN(c2cncc(-c3c[nH]c4ccc(-c5c(F)cccc5Cl)cc34)n2)CC1.O=C(O)C(F)(F)F.O=C(O)C(F)(F)F. The summed E-state index contributed by atoms with van der Waals surface area (Å²) in [7, 11) is 0. The van der Waals surface area contributed by atoms with Crippen LogP contribution in [0.15, 0.2) is 55.0 Å². The third kappa shape index (κ3) is 8.79. The van der Waals surface area contributed by atoms with Crippen LogP contribution in [0, 0.1) is 5.82 Å². The number of carbonyl (C=O) groups is 2. The van der Waals surface area contributed by atoms with Crippen molar-refractivity contribution in [3.63, 3.8) is 0 Å². The highest BCUT2D eigenvalue weighted by Crippen LogP contribution is 2.35. The maximum atomic E-state index is 14.4. The second-order valence-electron chi connectivity index (χ2n) is 9.25. The number of nitrogens with two attached hydrogens (primary N) is 1. The van der Waals surface area contributed by atoms with Gasteiger partial charge in [0, 0.05) is 47.4 Å². The molecule has 17 heteroatoms. The molecule has 9 nitrogen and oxygen atoms in total. The van der Waals surface area contributed by atoms with Crippen molar-refractivity contribution in [1.29, 1.82) is 0 Å². The van der Waals surface area contributed by atoms with Gasteiger partial charge in [0.05, 0.1) is 23.1 Å². The van der Waals surface area contributed by atoms with Crippen LogP contribution < -0.4 is 10.6 Å². The van der Waals surface area contributed by atoms with E-state index in [9.17, 15) is 30.7 Å². The molecule has 1 aliphatic rings. The van der Waals surface area contributed by atoms with Crippen LogP contribution in [0.25, 0.3) is 33.3 Å². The fourth-order valence-electron chi connectivity index (χ4n) is 4.03. The highest BCUT2D eigenvalue weighted by molar-refractivity contribution is 6.33. The molecule has 1 fully saturated rings. The van der Waals surface area contributed by atoms with Crippen LogP contribution in [0.4, 0.5) is 36.6 Å². The Kier molecular flexibility index (Phi) is 10.8. The summed E-state index contributed by atoms with van der Waals surface area (Å²) in [6.07, 6.45) is -2.81. The lowest BCUT2D eigenvalue weighted by molar-refractivity contribution is -0.193. The molecule has 0 bridgehead atoms. The number of hydrogen-bond donors (Lipinski definition) is 4. The number of hydrogen-bond acceptors (Lipinski definition) is 6. The van der Waals surface area contributed by atoms with Gasteiger partial charge in [0.2, 0.25) is 0 Å². The van der Waals surface area contributed by atoms with Gasteiger partial charge in [-0.15, -0.1) is 0 Å². The average Bonchev–Trinajstić information content (AvgIpc) is 3.37. The molecule has 0 amide bonds. The molecule has 2 aromatic carbocycles. The zero-order valence-corrected chi connectivity index (χ0v) is 23.0. The second kappa shape index (κ2) is 13.9. The van der Waals surface area contributed by atoms with Crippen molar-refractivity contribution in [3.8, 4) is 22.4 Å².